The van der Waals surface area contributed by atoms with Crippen LogP contribution in [0.4, 0.5) is 0 Å². The van der Waals surface area contributed by atoms with E-state index in [9.17, 15) is 4.79 Å². The van der Waals surface area contributed by atoms with E-state index in [1.807, 2.05) is 13.8 Å². The standard InChI is InChI=1S/C18H28N2O2/c1-4-12(2)18(21)20-17-7-5-6-13-8-9-14(10-15(13)17)16(19)11-22-3/h8-10,12,16-17H,4-7,11,19H2,1-3H3,(H,20,21). The summed E-state index contributed by atoms with van der Waals surface area (Å²) in [5.41, 5.74) is 9.77. The van der Waals surface area contributed by atoms with E-state index >= 15 is 0 Å². The largest absolute Gasteiger partial charge is 0.383 e. The maximum atomic E-state index is 12.2. The summed E-state index contributed by atoms with van der Waals surface area (Å²) < 4.78 is 5.14. The fraction of sp³-hybridized carbons (Fsp3) is 0.611. The molecule has 3 atom stereocenters. The van der Waals surface area contributed by atoms with Gasteiger partial charge in [-0.3, -0.25) is 4.79 Å². The lowest BCUT2D eigenvalue weighted by atomic mass is 9.85. The van der Waals surface area contributed by atoms with Crippen LogP contribution in [0, 0.1) is 5.92 Å². The quantitative estimate of drug-likeness (QED) is 0.849. The second-order valence-corrected chi connectivity index (χ2v) is 6.28. The predicted molar refractivity (Wildman–Crippen MR) is 88.5 cm³/mol. The van der Waals surface area contributed by atoms with Crippen molar-refractivity contribution in [3.05, 3.63) is 34.9 Å². The first-order chi connectivity index (χ1) is 10.6. The molecular weight excluding hydrogens is 276 g/mol. The zero-order valence-electron chi connectivity index (χ0n) is 13.9. The summed E-state index contributed by atoms with van der Waals surface area (Å²) in [4.78, 5) is 12.2. The molecule has 0 aromatic heterocycles. The zero-order valence-corrected chi connectivity index (χ0v) is 13.9. The van der Waals surface area contributed by atoms with Gasteiger partial charge in [-0.15, -0.1) is 0 Å². The van der Waals surface area contributed by atoms with Crippen LogP contribution in [0.1, 0.15) is 61.9 Å². The second-order valence-electron chi connectivity index (χ2n) is 6.28. The summed E-state index contributed by atoms with van der Waals surface area (Å²) >= 11 is 0. The molecule has 1 aliphatic rings. The number of rotatable bonds is 6. The van der Waals surface area contributed by atoms with Crippen LogP contribution in [0.15, 0.2) is 18.2 Å². The minimum atomic E-state index is -0.122. The van der Waals surface area contributed by atoms with Gasteiger partial charge in [0.15, 0.2) is 0 Å². The minimum absolute atomic E-state index is 0.0595. The van der Waals surface area contributed by atoms with Crippen molar-refractivity contribution in [2.45, 2.75) is 51.6 Å². The summed E-state index contributed by atoms with van der Waals surface area (Å²) in [5.74, 6) is 0.205. The highest BCUT2D eigenvalue weighted by atomic mass is 16.5. The molecule has 4 nitrogen and oxygen atoms in total. The summed E-state index contributed by atoms with van der Waals surface area (Å²) in [7, 11) is 1.66. The van der Waals surface area contributed by atoms with Crippen molar-refractivity contribution in [1.82, 2.24) is 5.32 Å². The van der Waals surface area contributed by atoms with E-state index in [0.29, 0.717) is 6.61 Å². The lowest BCUT2D eigenvalue weighted by molar-refractivity contribution is -0.125. The van der Waals surface area contributed by atoms with Crippen molar-refractivity contribution in [1.29, 1.82) is 0 Å². The van der Waals surface area contributed by atoms with E-state index in [-0.39, 0.29) is 23.9 Å². The van der Waals surface area contributed by atoms with Crippen LogP contribution in [-0.4, -0.2) is 19.6 Å². The number of benzene rings is 1. The van der Waals surface area contributed by atoms with Crippen LogP contribution >= 0.6 is 0 Å². The molecule has 0 radical (unpaired) electrons. The molecule has 1 aromatic carbocycles. The first-order valence-corrected chi connectivity index (χ1v) is 8.24. The molecule has 122 valence electrons. The average Bonchev–Trinajstić information content (AvgIpc) is 2.54. The summed E-state index contributed by atoms with van der Waals surface area (Å²) in [6.45, 7) is 4.52. The van der Waals surface area contributed by atoms with Crippen molar-refractivity contribution in [3.8, 4) is 0 Å². The van der Waals surface area contributed by atoms with Crippen LogP contribution in [0.3, 0.4) is 0 Å². The molecule has 0 heterocycles. The third-order valence-corrected chi connectivity index (χ3v) is 4.64. The van der Waals surface area contributed by atoms with Gasteiger partial charge in [0.25, 0.3) is 0 Å². The van der Waals surface area contributed by atoms with Gasteiger partial charge in [0.2, 0.25) is 5.91 Å². The topological polar surface area (TPSA) is 64.4 Å². The lowest BCUT2D eigenvalue weighted by Gasteiger charge is -2.28. The first kappa shape index (κ1) is 17.0. The Hall–Kier alpha value is -1.39. The molecule has 0 aliphatic heterocycles. The van der Waals surface area contributed by atoms with Crippen LogP contribution in [0.2, 0.25) is 0 Å². The minimum Gasteiger partial charge on any atom is -0.383 e. The van der Waals surface area contributed by atoms with Gasteiger partial charge in [-0.1, -0.05) is 32.0 Å². The molecule has 0 saturated heterocycles. The summed E-state index contributed by atoms with van der Waals surface area (Å²) in [6.07, 6.45) is 4.05. The van der Waals surface area contributed by atoms with Gasteiger partial charge >= 0.3 is 0 Å². The van der Waals surface area contributed by atoms with Gasteiger partial charge < -0.3 is 15.8 Å². The number of fused-ring (bicyclic) bond motifs is 1. The Morgan fingerprint density at radius 2 is 2.27 bits per heavy atom. The Morgan fingerprint density at radius 3 is 2.95 bits per heavy atom. The Kier molecular flexibility index (Phi) is 5.98. The smallest absolute Gasteiger partial charge is 0.223 e. The molecule has 3 unspecified atom stereocenters. The van der Waals surface area contributed by atoms with E-state index in [1.54, 1.807) is 7.11 Å². The molecule has 1 aliphatic carbocycles. The number of aryl methyl sites for hydroxylation is 1. The number of amides is 1. The van der Waals surface area contributed by atoms with E-state index in [0.717, 1.165) is 31.2 Å². The maximum absolute atomic E-state index is 12.2. The Morgan fingerprint density at radius 1 is 1.50 bits per heavy atom. The monoisotopic (exact) mass is 304 g/mol. The number of nitrogens with two attached hydrogens (primary N) is 1. The van der Waals surface area contributed by atoms with Crippen molar-refractivity contribution >= 4 is 5.91 Å². The Labute approximate surface area is 133 Å². The molecule has 3 N–H and O–H groups in total. The number of nitrogens with one attached hydrogen (secondary N) is 1. The molecule has 1 amide bonds. The normalized spacial score (nSPS) is 20.1. The predicted octanol–water partition coefficient (Wildman–Crippen LogP) is 2.87. The highest BCUT2D eigenvalue weighted by Crippen LogP contribution is 2.32. The fourth-order valence-electron chi connectivity index (χ4n) is 2.97. The Bertz CT molecular complexity index is 516. The summed E-state index contributed by atoms with van der Waals surface area (Å²) in [5, 5.41) is 3.21. The maximum Gasteiger partial charge on any atom is 0.223 e. The number of carbonyl (C=O) groups is 1. The van der Waals surface area contributed by atoms with E-state index in [4.69, 9.17) is 10.5 Å². The van der Waals surface area contributed by atoms with Gasteiger partial charge in [0.1, 0.15) is 0 Å². The van der Waals surface area contributed by atoms with E-state index in [1.165, 1.54) is 11.1 Å². The van der Waals surface area contributed by atoms with Crippen molar-refractivity contribution < 1.29 is 9.53 Å². The molecule has 22 heavy (non-hydrogen) atoms. The molecule has 0 spiro atoms. The Balaban J connectivity index is 2.20. The number of hydrogen-bond donors (Lipinski definition) is 2. The van der Waals surface area contributed by atoms with Crippen LogP contribution in [0.25, 0.3) is 0 Å². The highest BCUT2D eigenvalue weighted by Gasteiger charge is 2.24. The fourth-order valence-corrected chi connectivity index (χ4v) is 2.97. The highest BCUT2D eigenvalue weighted by molar-refractivity contribution is 5.78. The van der Waals surface area contributed by atoms with Crippen molar-refractivity contribution in [2.24, 2.45) is 11.7 Å². The second kappa shape index (κ2) is 7.75. The molecule has 2 rings (SSSR count). The number of carbonyl (C=O) groups excluding carboxylic acids is 1. The summed E-state index contributed by atoms with van der Waals surface area (Å²) in [6, 6.07) is 6.38. The number of methoxy groups -OCH3 is 1. The molecule has 4 heteroatoms. The molecule has 0 bridgehead atoms. The average molecular weight is 304 g/mol. The van der Waals surface area contributed by atoms with E-state index in [2.05, 4.69) is 23.5 Å². The number of hydrogen-bond acceptors (Lipinski definition) is 3. The van der Waals surface area contributed by atoms with Gasteiger partial charge in [-0.2, -0.15) is 0 Å². The van der Waals surface area contributed by atoms with E-state index < -0.39 is 0 Å². The lowest BCUT2D eigenvalue weighted by Crippen LogP contribution is -2.34. The third-order valence-electron chi connectivity index (χ3n) is 4.64. The molecule has 0 fully saturated rings. The SMILES string of the molecule is CCC(C)C(=O)NC1CCCc2ccc(C(N)COC)cc21. The van der Waals surface area contributed by atoms with Crippen LogP contribution in [0.5, 0.6) is 0 Å². The van der Waals surface area contributed by atoms with Crippen molar-refractivity contribution in [3.63, 3.8) is 0 Å². The van der Waals surface area contributed by atoms with Crippen molar-refractivity contribution in [2.75, 3.05) is 13.7 Å². The molecule has 0 saturated carbocycles. The van der Waals surface area contributed by atoms with Gasteiger partial charge in [0, 0.05) is 13.0 Å². The zero-order chi connectivity index (χ0) is 16.1. The molecular formula is C18H28N2O2. The molecule has 1 aromatic rings. The third kappa shape index (κ3) is 3.87. The van der Waals surface area contributed by atoms with Gasteiger partial charge in [-0.05, 0) is 42.4 Å². The first-order valence-electron chi connectivity index (χ1n) is 8.24. The number of ether oxygens (including phenoxy) is 1. The van der Waals surface area contributed by atoms with Gasteiger partial charge in [-0.25, -0.2) is 0 Å². The van der Waals surface area contributed by atoms with Crippen LogP contribution in [-0.2, 0) is 16.0 Å². The van der Waals surface area contributed by atoms with Gasteiger partial charge in [0.05, 0.1) is 18.7 Å². The van der Waals surface area contributed by atoms with Crippen LogP contribution < -0.4 is 11.1 Å².